The van der Waals surface area contributed by atoms with Gasteiger partial charge in [0.25, 0.3) is 0 Å². The number of methoxy groups -OCH3 is 1. The Balaban J connectivity index is 2.01. The van der Waals surface area contributed by atoms with Crippen LogP contribution in [-0.4, -0.2) is 17.1 Å². The van der Waals surface area contributed by atoms with E-state index in [1.54, 1.807) is 31.7 Å². The maximum absolute atomic E-state index is 6.06. The number of aromatic nitrogens is 2. The molecule has 0 aliphatic heterocycles. The fourth-order valence-electron chi connectivity index (χ4n) is 1.96. The van der Waals surface area contributed by atoms with Gasteiger partial charge in [-0.1, -0.05) is 11.6 Å². The molecule has 3 heterocycles. The zero-order valence-electron chi connectivity index (χ0n) is 10.8. The van der Waals surface area contributed by atoms with Crippen LogP contribution in [0.1, 0.15) is 5.76 Å². The Morgan fingerprint density at radius 3 is 3.00 bits per heavy atom. The van der Waals surface area contributed by atoms with Crippen molar-refractivity contribution < 1.29 is 9.15 Å². The van der Waals surface area contributed by atoms with E-state index in [9.17, 15) is 0 Å². The Hall–Kier alpha value is -2.27. The summed E-state index contributed by atoms with van der Waals surface area (Å²) in [5.74, 6) is 1.47. The second kappa shape index (κ2) is 5.38. The number of hydrogen-bond acceptors (Lipinski definition) is 5. The molecule has 0 spiro atoms. The molecular formula is C14H12ClN3O2. The van der Waals surface area contributed by atoms with Crippen molar-refractivity contribution in [3.8, 4) is 5.75 Å². The molecule has 0 amide bonds. The molecule has 0 atom stereocenters. The largest absolute Gasteiger partial charge is 0.494 e. The van der Waals surface area contributed by atoms with Crippen molar-refractivity contribution in [2.45, 2.75) is 6.54 Å². The Morgan fingerprint density at radius 2 is 2.25 bits per heavy atom. The fourth-order valence-corrected chi connectivity index (χ4v) is 2.16. The summed E-state index contributed by atoms with van der Waals surface area (Å²) in [6, 6.07) is 7.23. The van der Waals surface area contributed by atoms with Gasteiger partial charge in [-0.25, -0.2) is 4.98 Å². The SMILES string of the molecule is COc1ccnc2c(NCc3ccco3)cc(Cl)nc12. The highest BCUT2D eigenvalue weighted by Crippen LogP contribution is 2.29. The van der Waals surface area contributed by atoms with E-state index < -0.39 is 0 Å². The highest BCUT2D eigenvalue weighted by atomic mass is 35.5. The lowest BCUT2D eigenvalue weighted by Crippen LogP contribution is -2.01. The summed E-state index contributed by atoms with van der Waals surface area (Å²) in [7, 11) is 1.59. The number of hydrogen-bond donors (Lipinski definition) is 1. The van der Waals surface area contributed by atoms with Gasteiger partial charge in [-0.2, -0.15) is 0 Å². The van der Waals surface area contributed by atoms with E-state index in [-0.39, 0.29) is 0 Å². The zero-order valence-corrected chi connectivity index (χ0v) is 11.5. The predicted octanol–water partition coefficient (Wildman–Crippen LogP) is 3.50. The number of anilines is 1. The predicted molar refractivity (Wildman–Crippen MR) is 77.1 cm³/mol. The molecule has 6 heteroatoms. The lowest BCUT2D eigenvalue weighted by Gasteiger charge is -2.10. The first kappa shape index (κ1) is 12.7. The molecule has 0 unspecified atom stereocenters. The van der Waals surface area contributed by atoms with Gasteiger partial charge in [-0.3, -0.25) is 4.98 Å². The van der Waals surface area contributed by atoms with Gasteiger partial charge in [0.1, 0.15) is 27.7 Å². The van der Waals surface area contributed by atoms with Crippen LogP contribution in [0.3, 0.4) is 0 Å². The summed E-state index contributed by atoms with van der Waals surface area (Å²) in [5.41, 5.74) is 2.13. The molecular weight excluding hydrogens is 278 g/mol. The van der Waals surface area contributed by atoms with E-state index in [0.29, 0.717) is 28.5 Å². The quantitative estimate of drug-likeness (QED) is 0.745. The summed E-state index contributed by atoms with van der Waals surface area (Å²) < 4.78 is 10.6. The van der Waals surface area contributed by atoms with Crippen LogP contribution in [0.2, 0.25) is 5.15 Å². The Labute approximate surface area is 120 Å². The second-order valence-corrected chi connectivity index (χ2v) is 4.52. The van der Waals surface area contributed by atoms with Crippen LogP contribution in [0, 0.1) is 0 Å². The Morgan fingerprint density at radius 1 is 1.35 bits per heavy atom. The van der Waals surface area contributed by atoms with Crippen LogP contribution in [0.25, 0.3) is 11.0 Å². The number of ether oxygens (including phenoxy) is 1. The third-order valence-electron chi connectivity index (χ3n) is 2.88. The number of fused-ring (bicyclic) bond motifs is 1. The van der Waals surface area contributed by atoms with Crippen LogP contribution < -0.4 is 10.1 Å². The van der Waals surface area contributed by atoms with E-state index in [4.69, 9.17) is 20.8 Å². The summed E-state index contributed by atoms with van der Waals surface area (Å²) in [6.45, 7) is 0.543. The van der Waals surface area contributed by atoms with Gasteiger partial charge in [0.2, 0.25) is 0 Å². The molecule has 0 fully saturated rings. The van der Waals surface area contributed by atoms with Gasteiger partial charge in [-0.15, -0.1) is 0 Å². The van der Waals surface area contributed by atoms with Crippen LogP contribution in [0.5, 0.6) is 5.75 Å². The molecule has 0 saturated carbocycles. The van der Waals surface area contributed by atoms with Crippen LogP contribution in [0.15, 0.2) is 41.1 Å². The molecule has 1 N–H and O–H groups in total. The molecule has 20 heavy (non-hydrogen) atoms. The van der Waals surface area contributed by atoms with Gasteiger partial charge in [0.15, 0.2) is 0 Å². The van der Waals surface area contributed by atoms with Crippen LogP contribution >= 0.6 is 11.6 Å². The second-order valence-electron chi connectivity index (χ2n) is 4.14. The molecule has 0 aromatic carbocycles. The van der Waals surface area contributed by atoms with Crippen molar-refractivity contribution in [3.63, 3.8) is 0 Å². The molecule has 3 rings (SSSR count). The molecule has 0 bridgehead atoms. The van der Waals surface area contributed by atoms with Crippen LogP contribution in [-0.2, 0) is 6.54 Å². The molecule has 0 aliphatic carbocycles. The number of furan rings is 1. The van der Waals surface area contributed by atoms with E-state index in [1.807, 2.05) is 12.1 Å². The van der Waals surface area contributed by atoms with Gasteiger partial charge < -0.3 is 14.5 Å². The van der Waals surface area contributed by atoms with Crippen molar-refractivity contribution in [3.05, 3.63) is 47.6 Å². The minimum Gasteiger partial charge on any atom is -0.494 e. The van der Waals surface area contributed by atoms with Gasteiger partial charge in [0, 0.05) is 18.3 Å². The van der Waals surface area contributed by atoms with E-state index in [2.05, 4.69) is 15.3 Å². The smallest absolute Gasteiger partial charge is 0.148 e. The maximum atomic E-state index is 6.06. The van der Waals surface area contributed by atoms with E-state index >= 15 is 0 Å². The van der Waals surface area contributed by atoms with Crippen LogP contribution in [0.4, 0.5) is 5.69 Å². The molecule has 3 aromatic rings. The minimum atomic E-state index is 0.380. The third kappa shape index (κ3) is 2.40. The van der Waals surface area contributed by atoms with Crippen molar-refractivity contribution in [2.24, 2.45) is 0 Å². The van der Waals surface area contributed by atoms with Crippen molar-refractivity contribution in [1.29, 1.82) is 0 Å². The fraction of sp³-hybridized carbons (Fsp3) is 0.143. The van der Waals surface area contributed by atoms with E-state index in [1.165, 1.54) is 0 Å². The standard InChI is InChI=1S/C14H12ClN3O2/c1-19-11-4-5-16-13-10(7-12(15)18-14(11)13)17-8-9-3-2-6-20-9/h2-7H,8H2,1H3,(H,17,18). The molecule has 3 aromatic heterocycles. The number of rotatable bonds is 4. The first-order valence-corrected chi connectivity index (χ1v) is 6.41. The highest BCUT2D eigenvalue weighted by molar-refractivity contribution is 6.30. The lowest BCUT2D eigenvalue weighted by molar-refractivity contribution is 0.418. The third-order valence-corrected chi connectivity index (χ3v) is 3.07. The number of pyridine rings is 2. The average Bonchev–Trinajstić information content (AvgIpc) is 2.97. The van der Waals surface area contributed by atoms with Crippen molar-refractivity contribution in [1.82, 2.24) is 9.97 Å². The normalized spacial score (nSPS) is 10.7. The minimum absolute atomic E-state index is 0.380. The first-order chi connectivity index (χ1) is 9.78. The monoisotopic (exact) mass is 289 g/mol. The molecule has 0 saturated heterocycles. The summed E-state index contributed by atoms with van der Waals surface area (Å²) in [5, 5.41) is 3.63. The Kier molecular flexibility index (Phi) is 3.43. The topological polar surface area (TPSA) is 60.2 Å². The molecule has 0 radical (unpaired) electrons. The zero-order chi connectivity index (χ0) is 13.9. The van der Waals surface area contributed by atoms with Crippen molar-refractivity contribution >= 4 is 28.3 Å². The van der Waals surface area contributed by atoms with Gasteiger partial charge in [-0.05, 0) is 12.1 Å². The molecule has 0 aliphatic rings. The van der Waals surface area contributed by atoms with Gasteiger partial charge in [0.05, 0.1) is 25.6 Å². The average molecular weight is 290 g/mol. The number of nitrogens with one attached hydrogen (secondary N) is 1. The molecule has 102 valence electrons. The van der Waals surface area contributed by atoms with Gasteiger partial charge >= 0.3 is 0 Å². The summed E-state index contributed by atoms with van der Waals surface area (Å²) in [6.07, 6.45) is 3.31. The number of nitrogens with zero attached hydrogens (tertiary/aromatic N) is 2. The lowest BCUT2D eigenvalue weighted by atomic mass is 10.2. The Bertz CT molecular complexity index is 729. The van der Waals surface area contributed by atoms with E-state index in [0.717, 1.165) is 11.4 Å². The first-order valence-electron chi connectivity index (χ1n) is 6.03. The summed E-state index contributed by atoms with van der Waals surface area (Å²) in [4.78, 5) is 8.60. The highest BCUT2D eigenvalue weighted by Gasteiger charge is 2.10. The van der Waals surface area contributed by atoms with Crippen molar-refractivity contribution in [2.75, 3.05) is 12.4 Å². The maximum Gasteiger partial charge on any atom is 0.148 e. The number of halogens is 1. The molecule has 5 nitrogen and oxygen atoms in total. The summed E-state index contributed by atoms with van der Waals surface area (Å²) >= 11 is 6.06.